The quantitative estimate of drug-likeness (QED) is 0.398. The molecular weight excluding hydrogens is 523 g/mol. The fourth-order valence-electron chi connectivity index (χ4n) is 4.90. The van der Waals surface area contributed by atoms with Crippen LogP contribution in [0, 0.1) is 5.82 Å². The Balaban J connectivity index is 1.65. The largest absolute Gasteiger partial charge is 0.465 e. The van der Waals surface area contributed by atoms with Gasteiger partial charge in [0, 0.05) is 32.9 Å². The van der Waals surface area contributed by atoms with Crippen molar-refractivity contribution in [2.75, 3.05) is 32.6 Å². The third kappa shape index (κ3) is 5.65. The highest BCUT2D eigenvalue weighted by atomic mass is 35.5. The normalized spacial score (nSPS) is 14.4. The number of likely N-dealkylation sites (tertiary alicyclic amines) is 1. The molecule has 0 radical (unpaired) electrons. The van der Waals surface area contributed by atoms with Gasteiger partial charge in [-0.15, -0.1) is 0 Å². The maximum atomic E-state index is 14.4. The molecule has 0 atom stereocenters. The lowest BCUT2D eigenvalue weighted by Crippen LogP contribution is -2.64. The van der Waals surface area contributed by atoms with E-state index in [4.69, 9.17) is 16.3 Å². The van der Waals surface area contributed by atoms with Gasteiger partial charge < -0.3 is 15.4 Å². The molecule has 2 aromatic carbocycles. The van der Waals surface area contributed by atoms with Crippen LogP contribution in [0.25, 0.3) is 0 Å². The second-order valence-electron chi connectivity index (χ2n) is 9.84. The van der Waals surface area contributed by atoms with E-state index in [-0.39, 0.29) is 28.1 Å². The van der Waals surface area contributed by atoms with Gasteiger partial charge in [0.2, 0.25) is 5.91 Å². The van der Waals surface area contributed by atoms with E-state index in [1.807, 2.05) is 24.3 Å². The number of hydrogen-bond acceptors (Lipinski definition) is 6. The van der Waals surface area contributed by atoms with Crippen LogP contribution >= 0.6 is 11.6 Å². The Morgan fingerprint density at radius 2 is 1.87 bits per heavy atom. The fourth-order valence-corrected chi connectivity index (χ4v) is 5.07. The van der Waals surface area contributed by atoms with E-state index in [0.29, 0.717) is 25.2 Å². The number of ether oxygens (including phenoxy) is 1. The number of amides is 2. The second kappa shape index (κ2) is 11.5. The second-order valence-corrected chi connectivity index (χ2v) is 10.3. The Bertz CT molecular complexity index is 1400. The molecule has 0 unspecified atom stereocenters. The van der Waals surface area contributed by atoms with Crippen molar-refractivity contribution in [3.05, 3.63) is 93.5 Å². The van der Waals surface area contributed by atoms with Crippen LogP contribution in [0.15, 0.2) is 54.7 Å². The van der Waals surface area contributed by atoms with Crippen LogP contribution in [-0.2, 0) is 21.5 Å². The number of pyridine rings is 1. The first-order chi connectivity index (χ1) is 18.6. The zero-order chi connectivity index (χ0) is 28.3. The number of carbonyl (C=O) groups excluding carboxylic acids is 3. The zero-order valence-electron chi connectivity index (χ0n) is 22.2. The summed E-state index contributed by atoms with van der Waals surface area (Å²) in [4.78, 5) is 44.6. The maximum Gasteiger partial charge on any atom is 0.339 e. The summed E-state index contributed by atoms with van der Waals surface area (Å²) in [5.41, 5.74) is 2.14. The summed E-state index contributed by atoms with van der Waals surface area (Å²) in [6.45, 7) is 5.32. The Morgan fingerprint density at radius 3 is 2.49 bits per heavy atom. The van der Waals surface area contributed by atoms with Crippen LogP contribution in [-0.4, -0.2) is 54.9 Å². The Kier molecular flexibility index (Phi) is 8.32. The summed E-state index contributed by atoms with van der Waals surface area (Å²) in [6.07, 6.45) is 1.46. The summed E-state index contributed by atoms with van der Waals surface area (Å²) >= 11 is 5.93. The van der Waals surface area contributed by atoms with Crippen molar-refractivity contribution in [2.24, 2.45) is 0 Å². The van der Waals surface area contributed by atoms with Gasteiger partial charge in [-0.1, -0.05) is 49.7 Å². The molecule has 204 valence electrons. The van der Waals surface area contributed by atoms with Crippen LogP contribution in [0.3, 0.4) is 0 Å². The van der Waals surface area contributed by atoms with Gasteiger partial charge in [-0.3, -0.25) is 19.5 Å². The number of aromatic nitrogens is 1. The summed E-state index contributed by atoms with van der Waals surface area (Å²) in [7, 11) is 2.76. The molecule has 1 fully saturated rings. The van der Waals surface area contributed by atoms with Crippen molar-refractivity contribution in [2.45, 2.75) is 31.7 Å². The highest BCUT2D eigenvalue weighted by Crippen LogP contribution is 2.41. The molecule has 8 nitrogen and oxygen atoms in total. The number of methoxy groups -OCH3 is 1. The van der Waals surface area contributed by atoms with E-state index in [0.717, 1.165) is 22.9 Å². The average molecular weight is 553 g/mol. The van der Waals surface area contributed by atoms with Gasteiger partial charge in [0.15, 0.2) is 0 Å². The maximum absolute atomic E-state index is 14.4. The molecule has 1 saturated heterocycles. The number of anilines is 1. The van der Waals surface area contributed by atoms with E-state index in [1.165, 1.54) is 26.4 Å². The van der Waals surface area contributed by atoms with Crippen molar-refractivity contribution in [3.63, 3.8) is 0 Å². The van der Waals surface area contributed by atoms with Crippen LogP contribution in [0.2, 0.25) is 5.02 Å². The third-order valence-corrected chi connectivity index (χ3v) is 7.22. The highest BCUT2D eigenvalue weighted by Gasteiger charge is 2.51. The van der Waals surface area contributed by atoms with E-state index in [1.54, 1.807) is 12.1 Å². The smallest absolute Gasteiger partial charge is 0.339 e. The lowest BCUT2D eigenvalue weighted by atomic mass is 9.69. The number of nitrogens with zero attached hydrogens (tertiary/aromatic N) is 2. The van der Waals surface area contributed by atoms with Gasteiger partial charge in [-0.2, -0.15) is 0 Å². The summed E-state index contributed by atoms with van der Waals surface area (Å²) in [6, 6.07) is 13.4. The van der Waals surface area contributed by atoms with Crippen molar-refractivity contribution >= 4 is 35.1 Å². The standard InChI is InChI=1S/C29H30ClFN4O4/c1-17(2)20-7-5-6-8-22(20)29(15-35(16-29)14-19-10-9-18(13-33-19)27(37)39-4)28(38)34-25-12-24(31)23(30)11-21(25)26(36)32-3/h5-13,17H,14-16H2,1-4H3,(H,32,36)(H,34,38). The number of halogens is 2. The predicted molar refractivity (Wildman–Crippen MR) is 146 cm³/mol. The first kappa shape index (κ1) is 28.2. The summed E-state index contributed by atoms with van der Waals surface area (Å²) in [5, 5.41) is 5.10. The average Bonchev–Trinajstić information content (AvgIpc) is 2.91. The molecule has 0 bridgehead atoms. The number of rotatable bonds is 8. The minimum atomic E-state index is -0.955. The number of hydrogen-bond donors (Lipinski definition) is 2. The molecule has 1 aliphatic rings. The zero-order valence-corrected chi connectivity index (χ0v) is 22.9. The highest BCUT2D eigenvalue weighted by molar-refractivity contribution is 6.31. The van der Waals surface area contributed by atoms with Gasteiger partial charge in [-0.25, -0.2) is 9.18 Å². The summed E-state index contributed by atoms with van der Waals surface area (Å²) < 4.78 is 19.1. The van der Waals surface area contributed by atoms with E-state index < -0.39 is 23.1 Å². The Morgan fingerprint density at radius 1 is 1.15 bits per heavy atom. The fraction of sp³-hybridized carbons (Fsp3) is 0.310. The van der Waals surface area contributed by atoms with Crippen LogP contribution in [0.1, 0.15) is 57.3 Å². The number of carbonyl (C=O) groups is 3. The van der Waals surface area contributed by atoms with Gasteiger partial charge in [0.05, 0.1) is 40.1 Å². The van der Waals surface area contributed by atoms with Crippen molar-refractivity contribution in [1.82, 2.24) is 15.2 Å². The number of nitrogens with one attached hydrogen (secondary N) is 2. The van der Waals surface area contributed by atoms with Crippen molar-refractivity contribution in [1.29, 1.82) is 0 Å². The lowest BCUT2D eigenvalue weighted by molar-refractivity contribution is -0.128. The lowest BCUT2D eigenvalue weighted by Gasteiger charge is -2.50. The monoisotopic (exact) mass is 552 g/mol. The molecule has 0 aliphatic carbocycles. The van der Waals surface area contributed by atoms with Crippen LogP contribution in [0.4, 0.5) is 10.1 Å². The van der Waals surface area contributed by atoms with Crippen LogP contribution < -0.4 is 10.6 Å². The molecular formula is C29H30ClFN4O4. The van der Waals surface area contributed by atoms with E-state index in [9.17, 15) is 18.8 Å². The van der Waals surface area contributed by atoms with Gasteiger partial charge in [-0.05, 0) is 41.3 Å². The first-order valence-corrected chi connectivity index (χ1v) is 12.8. The Labute approximate surface area is 231 Å². The predicted octanol–water partition coefficient (Wildman–Crippen LogP) is 4.54. The third-order valence-electron chi connectivity index (χ3n) is 6.93. The molecule has 10 heteroatoms. The molecule has 2 N–H and O–H groups in total. The van der Waals surface area contributed by atoms with Crippen molar-refractivity contribution in [3.8, 4) is 0 Å². The molecule has 1 aliphatic heterocycles. The molecule has 2 amide bonds. The first-order valence-electron chi connectivity index (χ1n) is 12.5. The molecule has 1 aromatic heterocycles. The van der Waals surface area contributed by atoms with Gasteiger partial charge in [0.1, 0.15) is 5.82 Å². The number of esters is 1. The van der Waals surface area contributed by atoms with Crippen LogP contribution in [0.5, 0.6) is 0 Å². The van der Waals surface area contributed by atoms with Crippen molar-refractivity contribution < 1.29 is 23.5 Å². The topological polar surface area (TPSA) is 101 Å². The molecule has 4 rings (SSSR count). The van der Waals surface area contributed by atoms with Gasteiger partial charge in [0.25, 0.3) is 5.91 Å². The number of benzene rings is 2. The molecule has 3 aromatic rings. The molecule has 39 heavy (non-hydrogen) atoms. The molecule has 0 spiro atoms. The molecule has 2 heterocycles. The Hall–Kier alpha value is -3.82. The summed E-state index contributed by atoms with van der Waals surface area (Å²) in [5.74, 6) is -1.91. The minimum Gasteiger partial charge on any atom is -0.465 e. The SMILES string of the molecule is CNC(=O)c1cc(Cl)c(F)cc1NC(=O)C1(c2ccccc2C(C)C)CN(Cc2ccc(C(=O)OC)cn2)C1. The van der Waals surface area contributed by atoms with E-state index in [2.05, 4.69) is 34.4 Å². The minimum absolute atomic E-state index is 0.0427. The van der Waals surface area contributed by atoms with E-state index >= 15 is 0 Å². The van der Waals surface area contributed by atoms with Gasteiger partial charge >= 0.3 is 5.97 Å². The molecule has 0 saturated carbocycles.